The summed E-state index contributed by atoms with van der Waals surface area (Å²) in [7, 11) is 0. The van der Waals surface area contributed by atoms with Gasteiger partial charge >= 0.3 is 18.0 Å². The average molecular weight is 288 g/mol. The number of urea groups is 1. The molecule has 0 aromatic carbocycles. The van der Waals surface area contributed by atoms with Crippen molar-refractivity contribution >= 4 is 23.8 Å². The lowest BCUT2D eigenvalue weighted by atomic mass is 10.0. The number of nitrogens with one attached hydrogen (secondary N) is 2. The van der Waals surface area contributed by atoms with Crippen LogP contribution in [0.5, 0.6) is 0 Å². The molecule has 0 radical (unpaired) electrons. The Labute approximate surface area is 116 Å². The summed E-state index contributed by atoms with van der Waals surface area (Å²) in [6.45, 7) is 4.81. The fraction of sp³-hybridized carbons (Fsp3) is 0.667. The Morgan fingerprint density at radius 2 is 1.60 bits per heavy atom. The molecule has 0 heterocycles. The molecule has 0 spiro atoms. The van der Waals surface area contributed by atoms with Gasteiger partial charge in [0.15, 0.2) is 5.78 Å². The zero-order valence-electron chi connectivity index (χ0n) is 11.7. The number of carboxylic acid groups (broad SMARTS) is 2. The van der Waals surface area contributed by atoms with Gasteiger partial charge in [0.25, 0.3) is 0 Å². The van der Waals surface area contributed by atoms with Crippen molar-refractivity contribution in [3.63, 3.8) is 0 Å². The number of carboxylic acids is 2. The van der Waals surface area contributed by atoms with Crippen molar-refractivity contribution in [2.75, 3.05) is 0 Å². The minimum absolute atomic E-state index is 0.138. The fourth-order valence-corrected chi connectivity index (χ4v) is 1.60. The van der Waals surface area contributed by atoms with Gasteiger partial charge in [-0.25, -0.2) is 9.59 Å². The topological polar surface area (TPSA) is 133 Å². The molecule has 2 atom stereocenters. The molecule has 0 aromatic heterocycles. The summed E-state index contributed by atoms with van der Waals surface area (Å²) in [6, 6.07) is -2.84. The van der Waals surface area contributed by atoms with Gasteiger partial charge in [-0.3, -0.25) is 9.59 Å². The lowest BCUT2D eigenvalue weighted by Gasteiger charge is -2.21. The van der Waals surface area contributed by atoms with Gasteiger partial charge in [0.1, 0.15) is 6.04 Å². The number of rotatable bonds is 8. The van der Waals surface area contributed by atoms with Gasteiger partial charge in [0, 0.05) is 6.42 Å². The summed E-state index contributed by atoms with van der Waals surface area (Å²) in [5.41, 5.74) is 0. The normalized spacial score (nSPS) is 13.4. The lowest BCUT2D eigenvalue weighted by molar-refractivity contribution is -0.140. The lowest BCUT2D eigenvalue weighted by Crippen LogP contribution is -2.52. The maximum Gasteiger partial charge on any atom is 0.326 e. The number of ketones is 1. The van der Waals surface area contributed by atoms with Gasteiger partial charge in [-0.15, -0.1) is 0 Å². The Balaban J connectivity index is 4.56. The molecule has 4 N–H and O–H groups in total. The minimum Gasteiger partial charge on any atom is -0.481 e. The van der Waals surface area contributed by atoms with Crippen molar-refractivity contribution in [2.45, 2.75) is 45.7 Å². The fourth-order valence-electron chi connectivity index (χ4n) is 1.60. The second-order valence-corrected chi connectivity index (χ2v) is 4.77. The summed E-state index contributed by atoms with van der Waals surface area (Å²) in [4.78, 5) is 44.3. The van der Waals surface area contributed by atoms with Crippen LogP contribution in [0.3, 0.4) is 0 Å². The highest BCUT2D eigenvalue weighted by Crippen LogP contribution is 2.03. The monoisotopic (exact) mass is 288 g/mol. The van der Waals surface area contributed by atoms with Gasteiger partial charge in [0.2, 0.25) is 0 Å². The van der Waals surface area contributed by atoms with Gasteiger partial charge in [-0.05, 0) is 19.3 Å². The van der Waals surface area contributed by atoms with Crippen LogP contribution in [-0.4, -0.2) is 46.0 Å². The Morgan fingerprint density at radius 1 is 1.05 bits per heavy atom. The summed E-state index contributed by atoms with van der Waals surface area (Å²) in [6.07, 6.45) is -0.609. The third-order valence-corrected chi connectivity index (χ3v) is 2.64. The van der Waals surface area contributed by atoms with E-state index in [4.69, 9.17) is 10.2 Å². The number of aliphatic carboxylic acids is 2. The standard InChI is InChI=1S/C12H20N2O6/c1-6(2)10(7(3)15)14-12(20)13-8(11(18)19)4-5-9(16)17/h6,8,10H,4-5H2,1-3H3,(H,16,17)(H,18,19)(H2,13,14,20)/t8-,10?/m0/s1. The Kier molecular flexibility index (Phi) is 7.27. The maximum absolute atomic E-state index is 11.6. The number of hydrogen-bond acceptors (Lipinski definition) is 4. The molecule has 2 amide bonds. The Morgan fingerprint density at radius 3 is 1.95 bits per heavy atom. The van der Waals surface area contributed by atoms with Crippen molar-refractivity contribution in [2.24, 2.45) is 5.92 Å². The molecule has 0 aliphatic carbocycles. The molecule has 8 nitrogen and oxygen atoms in total. The molecule has 8 heteroatoms. The zero-order valence-corrected chi connectivity index (χ0v) is 11.7. The van der Waals surface area contributed by atoms with Crippen LogP contribution in [0.15, 0.2) is 0 Å². The quantitative estimate of drug-likeness (QED) is 0.505. The van der Waals surface area contributed by atoms with Crippen LogP contribution in [0.4, 0.5) is 4.79 Å². The predicted octanol–water partition coefficient (Wildman–Crippen LogP) is 0.217. The van der Waals surface area contributed by atoms with Crippen LogP contribution in [0.1, 0.15) is 33.6 Å². The van der Waals surface area contributed by atoms with E-state index in [2.05, 4.69) is 10.6 Å². The van der Waals surface area contributed by atoms with E-state index < -0.39 is 30.1 Å². The third kappa shape index (κ3) is 6.72. The van der Waals surface area contributed by atoms with Crippen LogP contribution < -0.4 is 10.6 Å². The first-order valence-corrected chi connectivity index (χ1v) is 6.17. The van der Waals surface area contributed by atoms with Gasteiger partial charge < -0.3 is 20.8 Å². The highest BCUT2D eigenvalue weighted by molar-refractivity contribution is 5.88. The van der Waals surface area contributed by atoms with Crippen molar-refractivity contribution in [1.29, 1.82) is 0 Å². The van der Waals surface area contributed by atoms with Crippen molar-refractivity contribution in [3.05, 3.63) is 0 Å². The van der Waals surface area contributed by atoms with Crippen LogP contribution in [0.2, 0.25) is 0 Å². The van der Waals surface area contributed by atoms with Gasteiger partial charge in [-0.2, -0.15) is 0 Å². The first-order valence-electron chi connectivity index (χ1n) is 6.17. The molecule has 0 aliphatic heterocycles. The van der Waals surface area contributed by atoms with E-state index in [0.717, 1.165) is 0 Å². The molecule has 1 unspecified atom stereocenters. The SMILES string of the molecule is CC(=O)C(NC(=O)N[C@@H](CCC(=O)O)C(=O)O)C(C)C. The van der Waals surface area contributed by atoms with E-state index in [1.54, 1.807) is 13.8 Å². The Bertz CT molecular complexity index is 393. The zero-order chi connectivity index (χ0) is 15.9. The van der Waals surface area contributed by atoms with Gasteiger partial charge in [0.05, 0.1) is 6.04 Å². The molecule has 0 bridgehead atoms. The third-order valence-electron chi connectivity index (χ3n) is 2.64. The second kappa shape index (κ2) is 8.13. The largest absolute Gasteiger partial charge is 0.481 e. The summed E-state index contributed by atoms with van der Waals surface area (Å²) in [5.74, 6) is -2.86. The number of amides is 2. The predicted molar refractivity (Wildman–Crippen MR) is 69.3 cm³/mol. The molecule has 0 fully saturated rings. The average Bonchev–Trinajstić information content (AvgIpc) is 2.29. The molecule has 0 saturated heterocycles. The molecular formula is C12H20N2O6. The number of carbonyl (C=O) groups is 4. The van der Waals surface area contributed by atoms with E-state index in [-0.39, 0.29) is 24.5 Å². The highest BCUT2D eigenvalue weighted by atomic mass is 16.4. The first kappa shape index (κ1) is 17.9. The first-order chi connectivity index (χ1) is 9.15. The molecular weight excluding hydrogens is 268 g/mol. The summed E-state index contributed by atoms with van der Waals surface area (Å²) in [5, 5.41) is 21.9. The molecule has 0 rings (SSSR count). The van der Waals surface area contributed by atoms with Crippen LogP contribution >= 0.6 is 0 Å². The number of carbonyl (C=O) groups excluding carboxylic acids is 2. The number of Topliss-reactive ketones (excluding diaryl/α,β-unsaturated/α-hetero) is 1. The van der Waals surface area contributed by atoms with Crippen LogP contribution in [0, 0.1) is 5.92 Å². The van der Waals surface area contributed by atoms with E-state index in [0.29, 0.717) is 0 Å². The highest BCUT2D eigenvalue weighted by Gasteiger charge is 2.24. The molecule has 20 heavy (non-hydrogen) atoms. The maximum atomic E-state index is 11.6. The summed E-state index contributed by atoms with van der Waals surface area (Å²) >= 11 is 0. The van der Waals surface area contributed by atoms with Crippen molar-refractivity contribution in [3.8, 4) is 0 Å². The van der Waals surface area contributed by atoms with E-state index >= 15 is 0 Å². The second-order valence-electron chi connectivity index (χ2n) is 4.77. The van der Waals surface area contributed by atoms with Crippen LogP contribution in [-0.2, 0) is 14.4 Å². The van der Waals surface area contributed by atoms with Crippen molar-refractivity contribution < 1.29 is 29.4 Å². The summed E-state index contributed by atoms with van der Waals surface area (Å²) < 4.78 is 0. The molecule has 0 aliphatic rings. The van der Waals surface area contributed by atoms with Gasteiger partial charge in [-0.1, -0.05) is 13.8 Å². The van der Waals surface area contributed by atoms with Crippen molar-refractivity contribution in [1.82, 2.24) is 10.6 Å². The number of hydrogen-bond donors (Lipinski definition) is 4. The Hall–Kier alpha value is -2.12. The molecule has 114 valence electrons. The van der Waals surface area contributed by atoms with Crippen LogP contribution in [0.25, 0.3) is 0 Å². The molecule has 0 saturated carbocycles. The smallest absolute Gasteiger partial charge is 0.326 e. The minimum atomic E-state index is -1.33. The van der Waals surface area contributed by atoms with E-state index in [1.165, 1.54) is 6.92 Å². The van der Waals surface area contributed by atoms with E-state index in [9.17, 15) is 19.2 Å². The molecule has 0 aromatic rings. The van der Waals surface area contributed by atoms with E-state index in [1.807, 2.05) is 0 Å².